The summed E-state index contributed by atoms with van der Waals surface area (Å²) in [5, 5.41) is 13.4. The molecule has 4 aromatic rings. The summed E-state index contributed by atoms with van der Waals surface area (Å²) in [7, 11) is -3.05. The van der Waals surface area contributed by atoms with E-state index in [1.54, 1.807) is 0 Å². The van der Waals surface area contributed by atoms with Gasteiger partial charge >= 0.3 is 0 Å². The molecule has 0 atom stereocenters. The number of aryl methyl sites for hydroxylation is 2. The third-order valence-electron chi connectivity index (χ3n) is 8.83. The molecule has 7 heteroatoms. The summed E-state index contributed by atoms with van der Waals surface area (Å²) in [6.45, 7) is 28.8. The molecule has 0 aliphatic heterocycles. The Balaban J connectivity index is 0.00000135. The van der Waals surface area contributed by atoms with Crippen molar-refractivity contribution in [1.82, 2.24) is 0 Å². The number of hydrogen-bond acceptors (Lipinski definition) is 2. The van der Waals surface area contributed by atoms with Gasteiger partial charge in [-0.3, -0.25) is 0 Å². The van der Waals surface area contributed by atoms with E-state index in [0.29, 0.717) is 22.6 Å². The van der Waals surface area contributed by atoms with Crippen LogP contribution in [0.25, 0.3) is 5.32 Å². The largest absolute Gasteiger partial charge is 0.654 e. The molecular formula is C43H61N3NiOP2. The van der Waals surface area contributed by atoms with Crippen LogP contribution in [0.2, 0.25) is 0 Å². The van der Waals surface area contributed by atoms with Gasteiger partial charge in [-0.2, -0.15) is 9.96 Å². The molecule has 4 aromatic carbocycles. The third-order valence-corrected chi connectivity index (χ3v) is 17.0. The maximum Gasteiger partial charge on any atom is 0.1000 e. The molecule has 4 nitrogen and oxygen atoms in total. The zero-order valence-corrected chi connectivity index (χ0v) is 35.4. The minimum Gasteiger partial charge on any atom is -0.654 e. The van der Waals surface area contributed by atoms with Crippen LogP contribution in [-0.4, -0.2) is 41.6 Å². The molecule has 0 fully saturated rings. The number of ether oxygens (including phenoxy) is 1. The first-order valence-electron chi connectivity index (χ1n) is 18.0. The van der Waals surface area contributed by atoms with Gasteiger partial charge in [0.1, 0.15) is 0 Å². The molecule has 0 bridgehead atoms. The van der Waals surface area contributed by atoms with E-state index >= 15 is 0 Å². The van der Waals surface area contributed by atoms with Gasteiger partial charge in [0.2, 0.25) is 0 Å². The van der Waals surface area contributed by atoms with Gasteiger partial charge < -0.3 is 10.1 Å². The Bertz CT molecular complexity index is 1620. The first-order chi connectivity index (χ1) is 23.4. The monoisotopic (exact) mass is 755 g/mol. The summed E-state index contributed by atoms with van der Waals surface area (Å²) in [6, 6.07) is 34.5. The van der Waals surface area contributed by atoms with Crippen LogP contribution >= 0.6 is 15.0 Å². The molecule has 0 amide bonds. The number of nitrogens with zero attached hydrogens (tertiary/aromatic N) is 3. The standard InChI is InChI=1S/C39H50N3P2.C4H10O.Ni/c1-27(2)43(28(3)4)37-25-31(9)21-23-35(37)40-36-24-22-32(10)26-38(36)44(29(5)6,30(7)8)42-41-39(33-17-13-11-14-18-33)34-19-15-12-16-20-34;1-3-5-4-2;/h11-30H,1-10H3;3-4H2,1-2H3;/q-1;;/p+1. The van der Waals surface area contributed by atoms with Gasteiger partial charge in [-0.1, -0.05) is 130 Å². The van der Waals surface area contributed by atoms with Crippen molar-refractivity contribution in [2.24, 2.45) is 9.96 Å². The molecule has 0 spiro atoms. The SMILES string of the molecule is CCOCC.Cc1ccc([N-]c2ccc(C)cc2P(=NN=C(c2ccccc2)c2ccccc2)(C(C)C)C(C)C)c([PH+](C(C)C)C(C)C)c1.[Ni]. The zero-order valence-electron chi connectivity index (χ0n) is 32.5. The van der Waals surface area contributed by atoms with Crippen molar-refractivity contribution in [3.05, 3.63) is 125 Å². The van der Waals surface area contributed by atoms with Crippen LogP contribution in [0.1, 0.15) is 91.5 Å². The van der Waals surface area contributed by atoms with E-state index in [2.05, 4.69) is 154 Å². The normalized spacial score (nSPS) is 11.4. The van der Waals surface area contributed by atoms with Gasteiger partial charge in [-0.15, -0.1) is 5.69 Å². The van der Waals surface area contributed by atoms with E-state index in [9.17, 15) is 0 Å². The van der Waals surface area contributed by atoms with Crippen LogP contribution in [0.5, 0.6) is 0 Å². The first-order valence-corrected chi connectivity index (χ1v) is 21.6. The molecule has 0 heterocycles. The quantitative estimate of drug-likeness (QED) is 0.0580. The first kappa shape index (κ1) is 43.6. The Morgan fingerprint density at radius 3 is 1.54 bits per heavy atom. The fourth-order valence-corrected chi connectivity index (χ4v) is 14.0. The van der Waals surface area contributed by atoms with Crippen LogP contribution in [-0.2, 0) is 21.2 Å². The summed E-state index contributed by atoms with van der Waals surface area (Å²) in [6.07, 6.45) is 0. The Morgan fingerprint density at radius 2 is 1.12 bits per heavy atom. The molecule has 0 saturated heterocycles. The number of hydrogen-bond donors (Lipinski definition) is 0. The van der Waals surface area contributed by atoms with Gasteiger partial charge in [0.15, 0.2) is 0 Å². The van der Waals surface area contributed by atoms with Crippen molar-refractivity contribution in [3.8, 4) is 0 Å². The molecule has 4 rings (SSSR count). The average Bonchev–Trinajstić information content (AvgIpc) is 3.06. The van der Waals surface area contributed by atoms with E-state index in [-0.39, 0.29) is 16.5 Å². The van der Waals surface area contributed by atoms with Crippen LogP contribution in [0.15, 0.2) is 107 Å². The molecule has 0 aliphatic rings. The minimum absolute atomic E-state index is 0. The molecule has 50 heavy (non-hydrogen) atoms. The van der Waals surface area contributed by atoms with Crippen molar-refractivity contribution in [2.45, 2.75) is 106 Å². The second-order valence-electron chi connectivity index (χ2n) is 13.9. The van der Waals surface area contributed by atoms with Crippen molar-refractivity contribution in [2.75, 3.05) is 13.2 Å². The van der Waals surface area contributed by atoms with Gasteiger partial charge in [-0.25, -0.2) is 0 Å². The summed E-state index contributed by atoms with van der Waals surface area (Å²) < 4.78 is 4.83. The van der Waals surface area contributed by atoms with E-state index in [1.807, 2.05) is 26.0 Å². The van der Waals surface area contributed by atoms with E-state index in [1.165, 1.54) is 21.7 Å². The molecule has 274 valence electrons. The van der Waals surface area contributed by atoms with Crippen molar-refractivity contribution in [1.29, 1.82) is 0 Å². The van der Waals surface area contributed by atoms with Crippen LogP contribution in [0, 0.1) is 13.8 Å². The topological polar surface area (TPSA) is 48.0 Å². The molecule has 0 unspecified atom stereocenters. The predicted molar refractivity (Wildman–Crippen MR) is 223 cm³/mol. The van der Waals surface area contributed by atoms with E-state index < -0.39 is 15.0 Å². The summed E-state index contributed by atoms with van der Waals surface area (Å²) in [4.78, 5) is 5.49. The second kappa shape index (κ2) is 21.1. The third kappa shape index (κ3) is 11.2. The van der Waals surface area contributed by atoms with Gasteiger partial charge in [0.25, 0.3) is 0 Å². The van der Waals surface area contributed by atoms with Crippen molar-refractivity contribution in [3.63, 3.8) is 0 Å². The Morgan fingerprint density at radius 1 is 0.660 bits per heavy atom. The molecule has 0 aliphatic carbocycles. The second-order valence-corrected chi connectivity index (χ2v) is 21.8. The molecule has 0 aromatic heterocycles. The molecule has 0 N–H and O–H groups in total. The minimum atomic E-state index is -2.22. The van der Waals surface area contributed by atoms with Crippen LogP contribution < -0.4 is 10.6 Å². The molecule has 0 saturated carbocycles. The average molecular weight is 757 g/mol. The maximum atomic E-state index is 5.53. The van der Waals surface area contributed by atoms with E-state index in [4.69, 9.17) is 20.0 Å². The van der Waals surface area contributed by atoms with Crippen molar-refractivity contribution < 1.29 is 21.2 Å². The van der Waals surface area contributed by atoms with Crippen molar-refractivity contribution >= 4 is 42.7 Å². The zero-order chi connectivity index (χ0) is 36.1. The fourth-order valence-electron chi connectivity index (χ4n) is 6.62. The molecule has 0 radical (unpaired) electrons. The predicted octanol–water partition coefficient (Wildman–Crippen LogP) is 12.4. The van der Waals surface area contributed by atoms with E-state index in [0.717, 1.165) is 41.4 Å². The van der Waals surface area contributed by atoms with Crippen LogP contribution in [0.4, 0.5) is 11.4 Å². The Labute approximate surface area is 316 Å². The summed E-state index contributed by atoms with van der Waals surface area (Å²) in [5.41, 5.74) is 9.54. The van der Waals surface area contributed by atoms with Crippen LogP contribution in [0.3, 0.4) is 0 Å². The summed E-state index contributed by atoms with van der Waals surface area (Å²) >= 11 is 0. The van der Waals surface area contributed by atoms with Gasteiger partial charge in [0, 0.05) is 55.8 Å². The summed E-state index contributed by atoms with van der Waals surface area (Å²) in [5.74, 6) is 0. The van der Waals surface area contributed by atoms with Gasteiger partial charge in [-0.05, 0) is 83.6 Å². The molecular weight excluding hydrogens is 695 g/mol. The smallest absolute Gasteiger partial charge is 0.1000 e. The maximum absolute atomic E-state index is 5.53. The number of rotatable bonds is 13. The fraction of sp³-hybridized carbons (Fsp3) is 0.419. The Kier molecular flexibility index (Phi) is 18.4. The Hall–Kier alpha value is -2.54. The number of benzene rings is 4. The van der Waals surface area contributed by atoms with Gasteiger partial charge in [0.05, 0.1) is 22.3 Å².